The molecule has 1 saturated heterocycles. The second-order valence-corrected chi connectivity index (χ2v) is 7.20. The van der Waals surface area contributed by atoms with Gasteiger partial charge in [0, 0.05) is 43.3 Å². The molecule has 1 aliphatic rings. The van der Waals surface area contributed by atoms with Crippen LogP contribution >= 0.6 is 11.6 Å². The zero-order valence-corrected chi connectivity index (χ0v) is 16.6. The number of ether oxygens (including phenoxy) is 1. The SMILES string of the molecule is O=C(Nc1ccc(Cl)c(-c2ccccn2)c1)c1ccc(CN2CCOCC2)nc1. The highest BCUT2D eigenvalue weighted by molar-refractivity contribution is 6.33. The molecule has 4 rings (SSSR count). The first kappa shape index (κ1) is 19.5. The number of hydrogen-bond donors (Lipinski definition) is 1. The maximum Gasteiger partial charge on any atom is 0.257 e. The third-order valence-electron chi connectivity index (χ3n) is 4.74. The lowest BCUT2D eigenvalue weighted by atomic mass is 10.1. The second kappa shape index (κ2) is 9.13. The number of halogens is 1. The van der Waals surface area contributed by atoms with Gasteiger partial charge >= 0.3 is 0 Å². The molecule has 0 radical (unpaired) electrons. The lowest BCUT2D eigenvalue weighted by Crippen LogP contribution is -2.35. The molecule has 0 aliphatic carbocycles. The fourth-order valence-corrected chi connectivity index (χ4v) is 3.38. The average molecular weight is 409 g/mol. The monoisotopic (exact) mass is 408 g/mol. The number of morpholine rings is 1. The molecule has 0 spiro atoms. The van der Waals surface area contributed by atoms with Gasteiger partial charge in [0.15, 0.2) is 0 Å². The third-order valence-corrected chi connectivity index (χ3v) is 5.07. The summed E-state index contributed by atoms with van der Waals surface area (Å²) in [6.45, 7) is 4.07. The molecule has 1 N–H and O–H groups in total. The number of hydrogen-bond acceptors (Lipinski definition) is 5. The van der Waals surface area contributed by atoms with Crippen molar-refractivity contribution in [1.29, 1.82) is 0 Å². The summed E-state index contributed by atoms with van der Waals surface area (Å²) >= 11 is 6.31. The summed E-state index contributed by atoms with van der Waals surface area (Å²) < 4.78 is 5.36. The summed E-state index contributed by atoms with van der Waals surface area (Å²) in [5.74, 6) is -0.218. The van der Waals surface area contributed by atoms with Crippen LogP contribution in [0.4, 0.5) is 5.69 Å². The molecule has 29 heavy (non-hydrogen) atoms. The van der Waals surface area contributed by atoms with E-state index in [1.807, 2.05) is 30.3 Å². The minimum atomic E-state index is -0.218. The molecular formula is C22H21ClN4O2. The van der Waals surface area contributed by atoms with Crippen molar-refractivity contribution in [1.82, 2.24) is 14.9 Å². The molecule has 1 aliphatic heterocycles. The summed E-state index contributed by atoms with van der Waals surface area (Å²) in [6.07, 6.45) is 3.32. The van der Waals surface area contributed by atoms with Crippen LogP contribution < -0.4 is 5.32 Å². The smallest absolute Gasteiger partial charge is 0.257 e. The van der Waals surface area contributed by atoms with Gasteiger partial charge in [-0.3, -0.25) is 19.7 Å². The van der Waals surface area contributed by atoms with Gasteiger partial charge in [-0.15, -0.1) is 0 Å². The number of aromatic nitrogens is 2. The van der Waals surface area contributed by atoms with E-state index in [1.165, 1.54) is 0 Å². The van der Waals surface area contributed by atoms with Crippen molar-refractivity contribution in [2.24, 2.45) is 0 Å². The van der Waals surface area contributed by atoms with E-state index < -0.39 is 0 Å². The first-order valence-electron chi connectivity index (χ1n) is 9.46. The van der Waals surface area contributed by atoms with Gasteiger partial charge in [-0.25, -0.2) is 0 Å². The van der Waals surface area contributed by atoms with Crippen LogP contribution in [0.15, 0.2) is 60.9 Å². The van der Waals surface area contributed by atoms with Gasteiger partial charge in [-0.05, 0) is 42.5 Å². The quantitative estimate of drug-likeness (QED) is 0.693. The van der Waals surface area contributed by atoms with Gasteiger partial charge in [0.05, 0.1) is 35.2 Å². The molecule has 0 unspecified atom stereocenters. The van der Waals surface area contributed by atoms with Crippen LogP contribution in [0.1, 0.15) is 16.1 Å². The number of carbonyl (C=O) groups excluding carboxylic acids is 1. The Morgan fingerprint density at radius 1 is 1.10 bits per heavy atom. The number of nitrogens with zero attached hydrogens (tertiary/aromatic N) is 3. The second-order valence-electron chi connectivity index (χ2n) is 6.79. The van der Waals surface area contributed by atoms with Crippen LogP contribution in [0.2, 0.25) is 5.02 Å². The fraction of sp³-hybridized carbons (Fsp3) is 0.227. The minimum Gasteiger partial charge on any atom is -0.379 e. The van der Waals surface area contributed by atoms with E-state index in [-0.39, 0.29) is 5.91 Å². The number of amides is 1. The number of nitrogens with one attached hydrogen (secondary N) is 1. The molecule has 1 amide bonds. The van der Waals surface area contributed by atoms with E-state index in [0.717, 1.165) is 49.8 Å². The Labute approximate surface area is 174 Å². The largest absolute Gasteiger partial charge is 0.379 e. The predicted octanol–water partition coefficient (Wildman–Crippen LogP) is 3.88. The Hall–Kier alpha value is -2.80. The highest BCUT2D eigenvalue weighted by Gasteiger charge is 2.13. The summed E-state index contributed by atoms with van der Waals surface area (Å²) in [5.41, 5.74) is 3.61. The molecule has 1 fully saturated rings. The van der Waals surface area contributed by atoms with Crippen molar-refractivity contribution < 1.29 is 9.53 Å². The first-order valence-corrected chi connectivity index (χ1v) is 9.84. The molecule has 1 aromatic carbocycles. The minimum absolute atomic E-state index is 0.218. The molecule has 0 saturated carbocycles. The van der Waals surface area contributed by atoms with E-state index >= 15 is 0 Å². The number of carbonyl (C=O) groups is 1. The van der Waals surface area contributed by atoms with Crippen molar-refractivity contribution >= 4 is 23.2 Å². The Morgan fingerprint density at radius 3 is 2.69 bits per heavy atom. The summed E-state index contributed by atoms with van der Waals surface area (Å²) in [6, 6.07) is 14.7. The van der Waals surface area contributed by atoms with Crippen LogP contribution in [0.5, 0.6) is 0 Å². The van der Waals surface area contributed by atoms with Crippen LogP contribution in [0.25, 0.3) is 11.3 Å². The van der Waals surface area contributed by atoms with Crippen molar-refractivity contribution in [2.75, 3.05) is 31.6 Å². The predicted molar refractivity (Wildman–Crippen MR) is 113 cm³/mol. The highest BCUT2D eigenvalue weighted by Crippen LogP contribution is 2.29. The summed E-state index contributed by atoms with van der Waals surface area (Å²) in [7, 11) is 0. The van der Waals surface area contributed by atoms with E-state index in [1.54, 1.807) is 30.6 Å². The molecule has 3 aromatic rings. The molecule has 0 bridgehead atoms. The van der Waals surface area contributed by atoms with Crippen LogP contribution in [-0.4, -0.2) is 47.1 Å². The third kappa shape index (κ3) is 4.98. The molecular weight excluding hydrogens is 388 g/mol. The van der Waals surface area contributed by atoms with E-state index in [4.69, 9.17) is 16.3 Å². The number of anilines is 1. The maximum atomic E-state index is 12.6. The molecule has 148 valence electrons. The highest BCUT2D eigenvalue weighted by atomic mass is 35.5. The van der Waals surface area contributed by atoms with Crippen LogP contribution in [0.3, 0.4) is 0 Å². The van der Waals surface area contributed by atoms with Gasteiger partial charge in [0.25, 0.3) is 5.91 Å². The van der Waals surface area contributed by atoms with Gasteiger partial charge in [0.2, 0.25) is 0 Å². The fourth-order valence-electron chi connectivity index (χ4n) is 3.17. The lowest BCUT2D eigenvalue weighted by Gasteiger charge is -2.26. The van der Waals surface area contributed by atoms with Gasteiger partial charge in [-0.2, -0.15) is 0 Å². The first-order chi connectivity index (χ1) is 14.2. The normalized spacial score (nSPS) is 14.5. The number of pyridine rings is 2. The number of rotatable bonds is 5. The maximum absolute atomic E-state index is 12.6. The van der Waals surface area contributed by atoms with E-state index in [2.05, 4.69) is 20.2 Å². The number of benzene rings is 1. The van der Waals surface area contributed by atoms with E-state index in [9.17, 15) is 4.79 Å². The lowest BCUT2D eigenvalue weighted by molar-refractivity contribution is 0.0336. The Balaban J connectivity index is 1.44. The molecule has 2 aromatic heterocycles. The zero-order chi connectivity index (χ0) is 20.1. The molecule has 0 atom stereocenters. The van der Waals surface area contributed by atoms with Crippen molar-refractivity contribution in [3.05, 3.63) is 77.2 Å². The van der Waals surface area contributed by atoms with Gasteiger partial charge in [0.1, 0.15) is 0 Å². The molecule has 3 heterocycles. The van der Waals surface area contributed by atoms with Crippen molar-refractivity contribution in [3.8, 4) is 11.3 Å². The Morgan fingerprint density at radius 2 is 1.97 bits per heavy atom. The van der Waals surface area contributed by atoms with Gasteiger partial charge in [-0.1, -0.05) is 17.7 Å². The average Bonchev–Trinajstić information content (AvgIpc) is 2.77. The topological polar surface area (TPSA) is 67.4 Å². The Bertz CT molecular complexity index is 974. The van der Waals surface area contributed by atoms with Crippen molar-refractivity contribution in [2.45, 2.75) is 6.54 Å². The summed E-state index contributed by atoms with van der Waals surface area (Å²) in [5, 5.41) is 3.48. The Kier molecular flexibility index (Phi) is 6.14. The molecule has 6 nitrogen and oxygen atoms in total. The standard InChI is InChI=1S/C22H21ClN4O2/c23-20-7-6-17(13-19(20)21-3-1-2-8-24-21)26-22(28)16-4-5-18(25-14-16)15-27-9-11-29-12-10-27/h1-8,13-14H,9-12,15H2,(H,26,28). The van der Waals surface area contributed by atoms with Crippen LogP contribution in [0, 0.1) is 0 Å². The van der Waals surface area contributed by atoms with Crippen LogP contribution in [-0.2, 0) is 11.3 Å². The van der Waals surface area contributed by atoms with Gasteiger partial charge < -0.3 is 10.1 Å². The molecule has 7 heteroatoms. The van der Waals surface area contributed by atoms with E-state index in [0.29, 0.717) is 16.3 Å². The zero-order valence-electron chi connectivity index (χ0n) is 15.8. The van der Waals surface area contributed by atoms with Crippen molar-refractivity contribution in [3.63, 3.8) is 0 Å². The summed E-state index contributed by atoms with van der Waals surface area (Å²) in [4.78, 5) is 23.7.